The Hall–Kier alpha value is -2.69. The van der Waals surface area contributed by atoms with Crippen molar-refractivity contribution < 1.29 is 19.0 Å². The highest BCUT2D eigenvalue weighted by atomic mass is 16.6. The molecule has 144 valence electrons. The quantitative estimate of drug-likeness (QED) is 0.852. The summed E-state index contributed by atoms with van der Waals surface area (Å²) in [7, 11) is 3.26. The molecule has 0 bridgehead atoms. The first-order valence-electron chi connectivity index (χ1n) is 9.13. The fourth-order valence-electron chi connectivity index (χ4n) is 3.92. The van der Waals surface area contributed by atoms with Crippen LogP contribution >= 0.6 is 0 Å². The van der Waals surface area contributed by atoms with Gasteiger partial charge >= 0.3 is 6.09 Å². The van der Waals surface area contributed by atoms with Crippen molar-refractivity contribution in [2.45, 2.75) is 39.3 Å². The van der Waals surface area contributed by atoms with Gasteiger partial charge in [0, 0.05) is 11.1 Å². The van der Waals surface area contributed by atoms with Gasteiger partial charge in [0.25, 0.3) is 0 Å². The fraction of sp³-hybridized carbons (Fsp3) is 0.409. The van der Waals surface area contributed by atoms with Gasteiger partial charge in [-0.05, 0) is 44.0 Å². The van der Waals surface area contributed by atoms with Gasteiger partial charge in [0.1, 0.15) is 11.5 Å². The molecule has 0 unspecified atom stereocenters. The number of nitrogens with one attached hydrogen (secondary N) is 1. The number of benzene rings is 2. The molecule has 1 heterocycles. The van der Waals surface area contributed by atoms with Gasteiger partial charge in [-0.3, -0.25) is 0 Å². The second-order valence-corrected chi connectivity index (χ2v) is 7.40. The molecule has 2 aromatic carbocycles. The van der Waals surface area contributed by atoms with Crippen molar-refractivity contribution in [1.29, 1.82) is 0 Å². The SMILES string of the molecule is COc1ccc(C)cc1C1(c2cc(C)ccc2OC)OC(=O)N[C@H]1C(C)C. The van der Waals surface area contributed by atoms with Gasteiger partial charge in [-0.2, -0.15) is 0 Å². The van der Waals surface area contributed by atoms with E-state index in [2.05, 4.69) is 19.2 Å². The Morgan fingerprint density at radius 1 is 0.963 bits per heavy atom. The lowest BCUT2D eigenvalue weighted by atomic mass is 9.75. The molecule has 27 heavy (non-hydrogen) atoms. The number of alkyl carbamates (subject to hydrolysis) is 1. The second kappa shape index (κ2) is 7.14. The van der Waals surface area contributed by atoms with Crippen molar-refractivity contribution in [1.82, 2.24) is 5.32 Å². The Morgan fingerprint density at radius 2 is 1.44 bits per heavy atom. The maximum absolute atomic E-state index is 12.5. The van der Waals surface area contributed by atoms with Crippen LogP contribution in [0.2, 0.25) is 0 Å². The number of carbonyl (C=O) groups is 1. The van der Waals surface area contributed by atoms with Crippen LogP contribution in [0.5, 0.6) is 11.5 Å². The molecule has 1 amide bonds. The van der Waals surface area contributed by atoms with Gasteiger partial charge in [-0.25, -0.2) is 4.79 Å². The molecule has 2 aromatic rings. The lowest BCUT2D eigenvalue weighted by molar-refractivity contribution is 0.0541. The normalized spacial score (nSPS) is 18.2. The van der Waals surface area contributed by atoms with Gasteiger partial charge in [-0.1, -0.05) is 37.1 Å². The van der Waals surface area contributed by atoms with Crippen LogP contribution in [0, 0.1) is 19.8 Å². The lowest BCUT2D eigenvalue weighted by Gasteiger charge is -2.37. The topological polar surface area (TPSA) is 56.8 Å². The molecule has 0 aliphatic carbocycles. The predicted octanol–water partition coefficient (Wildman–Crippen LogP) is 4.33. The number of hydrogen-bond acceptors (Lipinski definition) is 4. The summed E-state index contributed by atoms with van der Waals surface area (Å²) in [6.45, 7) is 8.16. The zero-order valence-electron chi connectivity index (χ0n) is 16.8. The molecule has 5 nitrogen and oxygen atoms in total. The van der Waals surface area contributed by atoms with Crippen LogP contribution in [0.25, 0.3) is 0 Å². The van der Waals surface area contributed by atoms with Gasteiger partial charge in [0.15, 0.2) is 5.60 Å². The molecule has 1 saturated heterocycles. The van der Waals surface area contributed by atoms with Crippen LogP contribution in [-0.4, -0.2) is 26.4 Å². The maximum atomic E-state index is 12.5. The van der Waals surface area contributed by atoms with Gasteiger partial charge in [0.2, 0.25) is 0 Å². The number of methoxy groups -OCH3 is 2. The van der Waals surface area contributed by atoms with Crippen LogP contribution < -0.4 is 14.8 Å². The van der Waals surface area contributed by atoms with Gasteiger partial charge < -0.3 is 19.5 Å². The Balaban J connectivity index is 2.41. The van der Waals surface area contributed by atoms with Gasteiger partial charge in [-0.15, -0.1) is 0 Å². The highest BCUT2D eigenvalue weighted by molar-refractivity contribution is 5.74. The first-order valence-corrected chi connectivity index (χ1v) is 9.13. The average molecular weight is 369 g/mol. The van der Waals surface area contributed by atoms with Crippen LogP contribution in [-0.2, 0) is 10.3 Å². The minimum atomic E-state index is -1.06. The van der Waals surface area contributed by atoms with Crippen LogP contribution in [0.4, 0.5) is 4.79 Å². The number of hydrogen-bond donors (Lipinski definition) is 1. The van der Waals surface area contributed by atoms with E-state index in [-0.39, 0.29) is 12.0 Å². The molecule has 1 aliphatic heterocycles. The molecule has 0 aromatic heterocycles. The molecule has 5 heteroatoms. The molecule has 1 atom stereocenters. The lowest BCUT2D eigenvalue weighted by Crippen LogP contribution is -2.46. The van der Waals surface area contributed by atoms with E-state index < -0.39 is 11.7 Å². The van der Waals surface area contributed by atoms with Crippen molar-refractivity contribution in [3.63, 3.8) is 0 Å². The highest BCUT2D eigenvalue weighted by Gasteiger charge is 2.55. The van der Waals surface area contributed by atoms with Crippen molar-refractivity contribution in [2.75, 3.05) is 14.2 Å². The first-order chi connectivity index (χ1) is 12.8. The summed E-state index contributed by atoms with van der Waals surface area (Å²) < 4.78 is 17.4. The third kappa shape index (κ3) is 3.11. The zero-order valence-corrected chi connectivity index (χ0v) is 16.8. The fourth-order valence-corrected chi connectivity index (χ4v) is 3.92. The van der Waals surface area contributed by atoms with E-state index in [0.29, 0.717) is 11.5 Å². The van der Waals surface area contributed by atoms with E-state index in [0.717, 1.165) is 22.3 Å². The van der Waals surface area contributed by atoms with Crippen molar-refractivity contribution in [2.24, 2.45) is 5.92 Å². The standard InChI is InChI=1S/C22H27NO4/c1-13(2)20-22(27-21(24)23-20,16-11-14(3)7-9-18(16)25-5)17-12-15(4)8-10-19(17)26-6/h7-13,20H,1-6H3,(H,23,24)/t20-/m0/s1. The Kier molecular flexibility index (Phi) is 5.05. The Bertz CT molecular complexity index is 806. The predicted molar refractivity (Wildman–Crippen MR) is 104 cm³/mol. The zero-order chi connectivity index (χ0) is 19.8. The van der Waals surface area contributed by atoms with E-state index in [1.54, 1.807) is 14.2 Å². The molecular formula is C22H27NO4. The highest BCUT2D eigenvalue weighted by Crippen LogP contribution is 2.49. The van der Waals surface area contributed by atoms with E-state index >= 15 is 0 Å². The number of carbonyl (C=O) groups excluding carboxylic acids is 1. The summed E-state index contributed by atoms with van der Waals surface area (Å²) in [6.07, 6.45) is -0.444. The second-order valence-electron chi connectivity index (χ2n) is 7.40. The minimum absolute atomic E-state index is 0.117. The largest absolute Gasteiger partial charge is 0.496 e. The monoisotopic (exact) mass is 369 g/mol. The van der Waals surface area contributed by atoms with E-state index in [4.69, 9.17) is 14.2 Å². The molecule has 1 N–H and O–H groups in total. The average Bonchev–Trinajstić information content (AvgIpc) is 3.00. The summed E-state index contributed by atoms with van der Waals surface area (Å²) in [5, 5.41) is 3.01. The van der Waals surface area contributed by atoms with Crippen LogP contribution in [0.15, 0.2) is 36.4 Å². The van der Waals surface area contributed by atoms with E-state index in [1.165, 1.54) is 0 Å². The van der Waals surface area contributed by atoms with E-state index in [9.17, 15) is 4.79 Å². The molecule has 0 spiro atoms. The Labute approximate surface area is 160 Å². The molecule has 1 aliphatic rings. The first kappa shape index (κ1) is 19.1. The van der Waals surface area contributed by atoms with Crippen molar-refractivity contribution in [3.05, 3.63) is 58.7 Å². The smallest absolute Gasteiger partial charge is 0.408 e. The molecule has 1 fully saturated rings. The minimum Gasteiger partial charge on any atom is -0.496 e. The molecule has 3 rings (SSSR count). The van der Waals surface area contributed by atoms with E-state index in [1.807, 2.05) is 50.2 Å². The summed E-state index contributed by atoms with van der Waals surface area (Å²) in [5.74, 6) is 1.46. The van der Waals surface area contributed by atoms with Crippen molar-refractivity contribution in [3.8, 4) is 11.5 Å². The number of ether oxygens (including phenoxy) is 3. The summed E-state index contributed by atoms with van der Waals surface area (Å²) in [4.78, 5) is 12.5. The van der Waals surface area contributed by atoms with Crippen molar-refractivity contribution >= 4 is 6.09 Å². The molecule has 0 radical (unpaired) electrons. The number of aryl methyl sites for hydroxylation is 2. The number of cyclic esters (lactones) is 1. The molecule has 0 saturated carbocycles. The number of rotatable bonds is 5. The molecular weight excluding hydrogens is 342 g/mol. The third-order valence-corrected chi connectivity index (χ3v) is 5.14. The van der Waals surface area contributed by atoms with Gasteiger partial charge in [0.05, 0.1) is 20.3 Å². The third-order valence-electron chi connectivity index (χ3n) is 5.14. The summed E-state index contributed by atoms with van der Waals surface area (Å²) in [6, 6.07) is 11.6. The number of amides is 1. The summed E-state index contributed by atoms with van der Waals surface area (Å²) in [5.41, 5.74) is 2.68. The summed E-state index contributed by atoms with van der Waals surface area (Å²) >= 11 is 0. The van der Waals surface area contributed by atoms with Crippen LogP contribution in [0.1, 0.15) is 36.1 Å². The Morgan fingerprint density at radius 3 is 1.85 bits per heavy atom. The maximum Gasteiger partial charge on any atom is 0.408 e. The van der Waals surface area contributed by atoms with Crippen LogP contribution in [0.3, 0.4) is 0 Å².